The zero-order valence-corrected chi connectivity index (χ0v) is 9.99. The number of hydrogen-bond donors (Lipinski definition) is 1. The van der Waals surface area contributed by atoms with E-state index < -0.39 is 6.61 Å². The molecule has 0 aliphatic heterocycles. The number of benzene rings is 1. The molecule has 0 fully saturated rings. The number of alkyl halides is 2. The lowest BCUT2D eigenvalue weighted by atomic mass is 10.1. The van der Waals surface area contributed by atoms with Crippen LogP contribution in [-0.2, 0) is 6.42 Å². The average molecular weight is 252 g/mol. The average Bonchev–Trinajstić information content (AvgIpc) is 2.30. The Kier molecular flexibility index (Phi) is 3.60. The molecule has 1 aromatic carbocycles. The fourth-order valence-electron chi connectivity index (χ4n) is 1.88. The Bertz CT molecular complexity index is 558. The number of fused-ring (bicyclic) bond motifs is 1. The number of rotatable bonds is 4. The van der Waals surface area contributed by atoms with Crippen LogP contribution in [-0.4, -0.2) is 11.6 Å². The second-order valence-electron chi connectivity index (χ2n) is 3.98. The Morgan fingerprint density at radius 1 is 1.39 bits per heavy atom. The lowest BCUT2D eigenvalue weighted by Gasteiger charge is -2.10. The van der Waals surface area contributed by atoms with Crippen LogP contribution in [0.15, 0.2) is 24.3 Å². The van der Waals surface area contributed by atoms with Gasteiger partial charge in [0.1, 0.15) is 5.52 Å². The number of nitrogens with two attached hydrogens (primary N) is 1. The first-order chi connectivity index (χ1) is 8.61. The zero-order chi connectivity index (χ0) is 13.1. The van der Waals surface area contributed by atoms with Crippen LogP contribution >= 0.6 is 0 Å². The summed E-state index contributed by atoms with van der Waals surface area (Å²) in [4.78, 5) is 4.34. The molecule has 0 amide bonds. The first-order valence-corrected chi connectivity index (χ1v) is 5.74. The van der Waals surface area contributed by atoms with Crippen molar-refractivity contribution in [3.05, 3.63) is 30.0 Å². The summed E-state index contributed by atoms with van der Waals surface area (Å²) in [6, 6.07) is 6.61. The highest BCUT2D eigenvalue weighted by Gasteiger charge is 2.11. The Labute approximate surface area is 104 Å². The van der Waals surface area contributed by atoms with Crippen LogP contribution < -0.4 is 10.5 Å². The normalized spacial score (nSPS) is 11.1. The van der Waals surface area contributed by atoms with E-state index in [2.05, 4.69) is 9.72 Å². The standard InChI is InChI=1S/C13H14F2N2O/c1-2-4-8-7-10(16)9-5-3-6-11(12(9)17-8)18-13(14)15/h3,5-7,13H,2,4H2,1H3,(H2,16,17). The number of ether oxygens (including phenoxy) is 1. The van der Waals surface area contributed by atoms with Crippen LogP contribution in [0.4, 0.5) is 14.5 Å². The van der Waals surface area contributed by atoms with Gasteiger partial charge in [-0.1, -0.05) is 25.5 Å². The van der Waals surface area contributed by atoms with Crippen LogP contribution in [0, 0.1) is 0 Å². The Hall–Kier alpha value is -1.91. The van der Waals surface area contributed by atoms with E-state index in [9.17, 15) is 8.78 Å². The van der Waals surface area contributed by atoms with Gasteiger partial charge in [0.2, 0.25) is 0 Å². The maximum atomic E-state index is 12.3. The Morgan fingerprint density at radius 3 is 2.83 bits per heavy atom. The number of anilines is 1. The van der Waals surface area contributed by atoms with Gasteiger partial charge >= 0.3 is 6.61 Å². The number of aromatic nitrogens is 1. The molecule has 0 atom stereocenters. The molecule has 0 aliphatic carbocycles. The van der Waals surface area contributed by atoms with Crippen LogP contribution in [0.2, 0.25) is 0 Å². The first-order valence-electron chi connectivity index (χ1n) is 5.74. The van der Waals surface area contributed by atoms with Crippen molar-refractivity contribution in [1.29, 1.82) is 0 Å². The maximum Gasteiger partial charge on any atom is 0.387 e. The van der Waals surface area contributed by atoms with Crippen molar-refractivity contribution in [3.8, 4) is 5.75 Å². The molecule has 96 valence electrons. The molecule has 2 N–H and O–H groups in total. The van der Waals surface area contributed by atoms with E-state index in [1.807, 2.05) is 6.92 Å². The topological polar surface area (TPSA) is 48.1 Å². The number of para-hydroxylation sites is 1. The van der Waals surface area contributed by atoms with E-state index in [0.717, 1.165) is 18.5 Å². The summed E-state index contributed by atoms with van der Waals surface area (Å²) >= 11 is 0. The highest BCUT2D eigenvalue weighted by Crippen LogP contribution is 2.29. The monoisotopic (exact) mass is 252 g/mol. The largest absolute Gasteiger partial charge is 0.432 e. The second-order valence-corrected chi connectivity index (χ2v) is 3.98. The first kappa shape index (κ1) is 12.5. The van der Waals surface area contributed by atoms with Crippen molar-refractivity contribution in [2.45, 2.75) is 26.4 Å². The van der Waals surface area contributed by atoms with E-state index in [4.69, 9.17) is 5.73 Å². The number of nitrogen functional groups attached to an aromatic ring is 1. The summed E-state index contributed by atoms with van der Waals surface area (Å²) in [5.74, 6) is 0.0622. The predicted molar refractivity (Wildman–Crippen MR) is 66.8 cm³/mol. The van der Waals surface area contributed by atoms with E-state index in [1.165, 1.54) is 6.07 Å². The summed E-state index contributed by atoms with van der Waals surface area (Å²) in [5, 5.41) is 0.632. The molecular weight excluding hydrogens is 238 g/mol. The van der Waals surface area contributed by atoms with Crippen molar-refractivity contribution in [3.63, 3.8) is 0 Å². The van der Waals surface area contributed by atoms with Crippen LogP contribution in [0.5, 0.6) is 5.75 Å². The molecule has 0 saturated heterocycles. The van der Waals surface area contributed by atoms with E-state index in [0.29, 0.717) is 16.6 Å². The Balaban J connectivity index is 2.58. The SMILES string of the molecule is CCCc1cc(N)c2cccc(OC(F)F)c2n1. The molecule has 5 heteroatoms. The van der Waals surface area contributed by atoms with Gasteiger partial charge in [-0.2, -0.15) is 8.78 Å². The third kappa shape index (κ3) is 2.50. The molecule has 3 nitrogen and oxygen atoms in total. The fraction of sp³-hybridized carbons (Fsp3) is 0.308. The van der Waals surface area contributed by atoms with Gasteiger partial charge in [0.15, 0.2) is 5.75 Å². The summed E-state index contributed by atoms with van der Waals surface area (Å²) in [5.41, 5.74) is 7.61. The van der Waals surface area contributed by atoms with E-state index >= 15 is 0 Å². The minimum atomic E-state index is -2.87. The van der Waals surface area contributed by atoms with Gasteiger partial charge in [0, 0.05) is 16.8 Å². The summed E-state index contributed by atoms with van der Waals surface area (Å²) in [6.45, 7) is -0.850. The summed E-state index contributed by atoms with van der Waals surface area (Å²) < 4.78 is 29.1. The van der Waals surface area contributed by atoms with Crippen LogP contribution in [0.1, 0.15) is 19.0 Å². The van der Waals surface area contributed by atoms with E-state index in [-0.39, 0.29) is 5.75 Å². The van der Waals surface area contributed by atoms with Gasteiger partial charge in [-0.15, -0.1) is 0 Å². The van der Waals surface area contributed by atoms with Gasteiger partial charge in [-0.05, 0) is 18.6 Å². The van der Waals surface area contributed by atoms with Gasteiger partial charge in [0.25, 0.3) is 0 Å². The highest BCUT2D eigenvalue weighted by molar-refractivity contribution is 5.94. The molecule has 0 radical (unpaired) electrons. The van der Waals surface area contributed by atoms with Crippen LogP contribution in [0.3, 0.4) is 0 Å². The Morgan fingerprint density at radius 2 is 2.17 bits per heavy atom. The lowest BCUT2D eigenvalue weighted by molar-refractivity contribution is -0.0489. The molecule has 0 saturated carbocycles. The molecule has 18 heavy (non-hydrogen) atoms. The van der Waals surface area contributed by atoms with Gasteiger partial charge in [-0.3, -0.25) is 0 Å². The smallest absolute Gasteiger partial charge is 0.387 e. The number of halogens is 2. The van der Waals surface area contributed by atoms with Gasteiger partial charge in [-0.25, -0.2) is 4.98 Å². The molecule has 1 aromatic heterocycles. The minimum Gasteiger partial charge on any atom is -0.432 e. The zero-order valence-electron chi connectivity index (χ0n) is 9.99. The highest BCUT2D eigenvalue weighted by atomic mass is 19.3. The summed E-state index contributed by atoms with van der Waals surface area (Å²) in [7, 11) is 0. The van der Waals surface area contributed by atoms with Crippen molar-refractivity contribution in [1.82, 2.24) is 4.98 Å². The molecule has 0 unspecified atom stereocenters. The molecule has 0 spiro atoms. The van der Waals surface area contributed by atoms with Crippen molar-refractivity contribution in [2.24, 2.45) is 0 Å². The van der Waals surface area contributed by atoms with Crippen molar-refractivity contribution < 1.29 is 13.5 Å². The predicted octanol–water partition coefficient (Wildman–Crippen LogP) is 3.37. The van der Waals surface area contributed by atoms with Gasteiger partial charge in [0.05, 0.1) is 0 Å². The lowest BCUT2D eigenvalue weighted by Crippen LogP contribution is -2.04. The second kappa shape index (κ2) is 5.16. The third-order valence-corrected chi connectivity index (χ3v) is 2.61. The number of aryl methyl sites for hydroxylation is 1. The third-order valence-electron chi connectivity index (χ3n) is 2.61. The number of pyridine rings is 1. The molecule has 0 aliphatic rings. The van der Waals surface area contributed by atoms with Gasteiger partial charge < -0.3 is 10.5 Å². The van der Waals surface area contributed by atoms with E-state index in [1.54, 1.807) is 18.2 Å². The van der Waals surface area contributed by atoms with Crippen LogP contribution in [0.25, 0.3) is 10.9 Å². The molecule has 2 aromatic rings. The summed E-state index contributed by atoms with van der Waals surface area (Å²) in [6.07, 6.45) is 1.67. The molecule has 1 heterocycles. The fourth-order valence-corrected chi connectivity index (χ4v) is 1.88. The number of hydrogen-bond acceptors (Lipinski definition) is 3. The quantitative estimate of drug-likeness (QED) is 0.907. The van der Waals surface area contributed by atoms with Crippen molar-refractivity contribution in [2.75, 3.05) is 5.73 Å². The maximum absolute atomic E-state index is 12.3. The van der Waals surface area contributed by atoms with Crippen molar-refractivity contribution >= 4 is 16.6 Å². The molecular formula is C13H14F2N2O. The molecule has 0 bridgehead atoms. The number of nitrogens with zero attached hydrogens (tertiary/aromatic N) is 1. The minimum absolute atomic E-state index is 0.0622. The molecule has 2 rings (SSSR count).